The fourth-order valence-electron chi connectivity index (χ4n) is 2.13. The SMILES string of the molecule is CC(C)Oc1ccc(N2CC(CO)CC2=O)cc1. The van der Waals surface area contributed by atoms with Crippen molar-refractivity contribution in [2.45, 2.75) is 26.4 Å². The molecule has 18 heavy (non-hydrogen) atoms. The average Bonchev–Trinajstić information content (AvgIpc) is 2.71. The molecular weight excluding hydrogens is 230 g/mol. The van der Waals surface area contributed by atoms with E-state index in [4.69, 9.17) is 9.84 Å². The first kappa shape index (κ1) is 12.9. The second-order valence-electron chi connectivity index (χ2n) is 4.92. The van der Waals surface area contributed by atoms with Gasteiger partial charge in [0.25, 0.3) is 0 Å². The lowest BCUT2D eigenvalue weighted by Crippen LogP contribution is -2.24. The summed E-state index contributed by atoms with van der Waals surface area (Å²) < 4.78 is 5.56. The van der Waals surface area contributed by atoms with Gasteiger partial charge in [0.15, 0.2) is 0 Å². The Labute approximate surface area is 107 Å². The van der Waals surface area contributed by atoms with E-state index in [0.29, 0.717) is 13.0 Å². The van der Waals surface area contributed by atoms with Crippen molar-refractivity contribution in [2.24, 2.45) is 5.92 Å². The van der Waals surface area contributed by atoms with Gasteiger partial charge in [-0.15, -0.1) is 0 Å². The number of aliphatic hydroxyl groups is 1. The minimum Gasteiger partial charge on any atom is -0.491 e. The van der Waals surface area contributed by atoms with Gasteiger partial charge in [-0.25, -0.2) is 0 Å². The van der Waals surface area contributed by atoms with Crippen molar-refractivity contribution < 1.29 is 14.6 Å². The molecule has 1 amide bonds. The Kier molecular flexibility index (Phi) is 3.87. The van der Waals surface area contributed by atoms with Crippen LogP contribution in [0.1, 0.15) is 20.3 Å². The molecule has 0 aliphatic carbocycles. The van der Waals surface area contributed by atoms with Crippen molar-refractivity contribution >= 4 is 11.6 Å². The summed E-state index contributed by atoms with van der Waals surface area (Å²) in [6, 6.07) is 7.51. The van der Waals surface area contributed by atoms with E-state index >= 15 is 0 Å². The van der Waals surface area contributed by atoms with Gasteiger partial charge in [-0.3, -0.25) is 4.79 Å². The molecule has 4 nitrogen and oxygen atoms in total. The number of amides is 1. The highest BCUT2D eigenvalue weighted by Crippen LogP contribution is 2.26. The zero-order chi connectivity index (χ0) is 13.1. The predicted molar refractivity (Wildman–Crippen MR) is 69.8 cm³/mol. The topological polar surface area (TPSA) is 49.8 Å². The summed E-state index contributed by atoms with van der Waals surface area (Å²) in [5.74, 6) is 0.940. The van der Waals surface area contributed by atoms with Crippen LogP contribution in [0, 0.1) is 5.92 Å². The number of hydrogen-bond acceptors (Lipinski definition) is 3. The van der Waals surface area contributed by atoms with E-state index in [-0.39, 0.29) is 24.5 Å². The predicted octanol–water partition coefficient (Wildman–Crippen LogP) is 1.82. The van der Waals surface area contributed by atoms with Gasteiger partial charge in [-0.2, -0.15) is 0 Å². The molecule has 1 aromatic rings. The van der Waals surface area contributed by atoms with Crippen LogP contribution in [0.5, 0.6) is 5.75 Å². The van der Waals surface area contributed by atoms with Crippen molar-refractivity contribution in [1.29, 1.82) is 0 Å². The quantitative estimate of drug-likeness (QED) is 0.885. The number of carbonyl (C=O) groups is 1. The molecule has 0 spiro atoms. The fourth-order valence-corrected chi connectivity index (χ4v) is 2.13. The number of anilines is 1. The molecule has 2 rings (SSSR count). The van der Waals surface area contributed by atoms with Crippen molar-refractivity contribution in [1.82, 2.24) is 0 Å². The molecule has 0 saturated carbocycles. The minimum atomic E-state index is 0.0593. The molecule has 1 aliphatic heterocycles. The van der Waals surface area contributed by atoms with Crippen LogP contribution in [-0.2, 0) is 4.79 Å². The van der Waals surface area contributed by atoms with Crippen LogP contribution in [0.15, 0.2) is 24.3 Å². The molecule has 98 valence electrons. The molecule has 4 heteroatoms. The molecule has 1 fully saturated rings. The maximum atomic E-state index is 11.8. The van der Waals surface area contributed by atoms with E-state index in [1.807, 2.05) is 38.1 Å². The molecule has 1 unspecified atom stereocenters. The van der Waals surface area contributed by atoms with Crippen LogP contribution in [0.2, 0.25) is 0 Å². The maximum Gasteiger partial charge on any atom is 0.227 e. The van der Waals surface area contributed by atoms with E-state index in [1.54, 1.807) is 4.90 Å². The van der Waals surface area contributed by atoms with Crippen LogP contribution < -0.4 is 9.64 Å². The van der Waals surface area contributed by atoms with E-state index in [2.05, 4.69) is 0 Å². The summed E-state index contributed by atoms with van der Waals surface area (Å²) in [5, 5.41) is 9.09. The van der Waals surface area contributed by atoms with Gasteiger partial charge >= 0.3 is 0 Å². The molecule has 1 aliphatic rings. The van der Waals surface area contributed by atoms with Crippen LogP contribution in [0.25, 0.3) is 0 Å². The first-order valence-electron chi connectivity index (χ1n) is 6.28. The van der Waals surface area contributed by atoms with Crippen LogP contribution >= 0.6 is 0 Å². The first-order valence-corrected chi connectivity index (χ1v) is 6.28. The lowest BCUT2D eigenvalue weighted by Gasteiger charge is -2.17. The Morgan fingerprint density at radius 3 is 2.56 bits per heavy atom. The van der Waals surface area contributed by atoms with Crippen LogP contribution in [0.4, 0.5) is 5.69 Å². The number of aliphatic hydroxyl groups excluding tert-OH is 1. The normalized spacial score (nSPS) is 19.7. The third kappa shape index (κ3) is 2.82. The minimum absolute atomic E-state index is 0.0593. The van der Waals surface area contributed by atoms with Gasteiger partial charge in [0, 0.05) is 31.2 Å². The molecular formula is C14H19NO3. The van der Waals surface area contributed by atoms with Gasteiger partial charge in [0.05, 0.1) is 6.10 Å². The number of ether oxygens (including phenoxy) is 1. The third-order valence-electron chi connectivity index (χ3n) is 2.98. The fraction of sp³-hybridized carbons (Fsp3) is 0.500. The van der Waals surface area contributed by atoms with Gasteiger partial charge in [-0.05, 0) is 38.1 Å². The van der Waals surface area contributed by atoms with E-state index in [1.165, 1.54) is 0 Å². The maximum absolute atomic E-state index is 11.8. The number of rotatable bonds is 4. The zero-order valence-corrected chi connectivity index (χ0v) is 10.8. The Hall–Kier alpha value is -1.55. The van der Waals surface area contributed by atoms with Crippen molar-refractivity contribution in [3.63, 3.8) is 0 Å². The van der Waals surface area contributed by atoms with Crippen molar-refractivity contribution in [2.75, 3.05) is 18.1 Å². The van der Waals surface area contributed by atoms with Gasteiger partial charge in [0.2, 0.25) is 5.91 Å². The number of nitrogens with zero attached hydrogens (tertiary/aromatic N) is 1. The van der Waals surface area contributed by atoms with E-state index < -0.39 is 0 Å². The van der Waals surface area contributed by atoms with Crippen LogP contribution in [0.3, 0.4) is 0 Å². The largest absolute Gasteiger partial charge is 0.491 e. The summed E-state index contributed by atoms with van der Waals surface area (Å²) in [7, 11) is 0. The van der Waals surface area contributed by atoms with E-state index in [0.717, 1.165) is 11.4 Å². The van der Waals surface area contributed by atoms with Gasteiger partial charge < -0.3 is 14.7 Å². The molecule has 0 aromatic heterocycles. The molecule has 0 radical (unpaired) electrons. The molecule has 1 atom stereocenters. The van der Waals surface area contributed by atoms with Crippen LogP contribution in [-0.4, -0.2) is 30.3 Å². The molecule has 0 bridgehead atoms. The molecule has 1 aromatic carbocycles. The molecule has 1 N–H and O–H groups in total. The molecule has 1 heterocycles. The average molecular weight is 249 g/mol. The summed E-state index contributed by atoms with van der Waals surface area (Å²) in [5.41, 5.74) is 0.868. The smallest absolute Gasteiger partial charge is 0.227 e. The Bertz CT molecular complexity index is 414. The van der Waals surface area contributed by atoms with Crippen molar-refractivity contribution in [3.8, 4) is 5.75 Å². The third-order valence-corrected chi connectivity index (χ3v) is 2.98. The highest BCUT2D eigenvalue weighted by atomic mass is 16.5. The second kappa shape index (κ2) is 5.40. The lowest BCUT2D eigenvalue weighted by atomic mass is 10.1. The number of carbonyl (C=O) groups excluding carboxylic acids is 1. The van der Waals surface area contributed by atoms with Gasteiger partial charge in [0.1, 0.15) is 5.75 Å². The molecule has 1 saturated heterocycles. The van der Waals surface area contributed by atoms with Crippen molar-refractivity contribution in [3.05, 3.63) is 24.3 Å². The van der Waals surface area contributed by atoms with E-state index in [9.17, 15) is 4.79 Å². The Balaban J connectivity index is 2.08. The summed E-state index contributed by atoms with van der Waals surface area (Å²) in [6.45, 7) is 4.62. The number of hydrogen-bond donors (Lipinski definition) is 1. The highest BCUT2D eigenvalue weighted by molar-refractivity contribution is 5.95. The standard InChI is InChI=1S/C14H19NO3/c1-10(2)18-13-5-3-12(4-6-13)15-8-11(9-16)7-14(15)17/h3-6,10-11,16H,7-9H2,1-2H3. The lowest BCUT2D eigenvalue weighted by molar-refractivity contribution is -0.117. The summed E-state index contributed by atoms with van der Waals surface area (Å²) >= 11 is 0. The number of benzene rings is 1. The first-order chi connectivity index (χ1) is 8.60. The Morgan fingerprint density at radius 1 is 1.39 bits per heavy atom. The summed E-state index contributed by atoms with van der Waals surface area (Å²) in [4.78, 5) is 13.5. The second-order valence-corrected chi connectivity index (χ2v) is 4.92. The van der Waals surface area contributed by atoms with Gasteiger partial charge in [-0.1, -0.05) is 0 Å². The zero-order valence-electron chi connectivity index (χ0n) is 10.8. The Morgan fingerprint density at radius 2 is 2.06 bits per heavy atom. The summed E-state index contributed by atoms with van der Waals surface area (Å²) in [6.07, 6.45) is 0.573. The highest BCUT2D eigenvalue weighted by Gasteiger charge is 2.29. The monoisotopic (exact) mass is 249 g/mol.